The highest BCUT2D eigenvalue weighted by molar-refractivity contribution is 7.89. The summed E-state index contributed by atoms with van der Waals surface area (Å²) in [5, 5.41) is 0. The number of nitrogens with zero attached hydrogens (tertiary/aromatic N) is 3. The standard InChI is InChI=1S/C20H31N3O3S/c1-2-3-16-27(25,26)23-11-7-8-18(17-23)20(24)22-14-12-21(13-15-22)19-9-5-4-6-10-19/h4-6,9-10,18H,2-3,7-8,11-17H2,1H3/t18-/m0/s1. The number of hydrogen-bond acceptors (Lipinski definition) is 4. The smallest absolute Gasteiger partial charge is 0.227 e. The number of sulfonamides is 1. The van der Waals surface area contributed by atoms with Crippen molar-refractivity contribution in [2.45, 2.75) is 32.6 Å². The topological polar surface area (TPSA) is 60.9 Å². The molecule has 1 amide bonds. The van der Waals surface area contributed by atoms with Gasteiger partial charge in [-0.05, 0) is 31.4 Å². The van der Waals surface area contributed by atoms with E-state index in [9.17, 15) is 13.2 Å². The molecule has 1 aromatic rings. The van der Waals surface area contributed by atoms with Crippen LogP contribution in [-0.2, 0) is 14.8 Å². The molecule has 2 aliphatic rings. The number of para-hydroxylation sites is 1. The molecule has 2 heterocycles. The van der Waals surface area contributed by atoms with Crippen LogP contribution in [0.25, 0.3) is 0 Å². The predicted octanol–water partition coefficient (Wildman–Crippen LogP) is 2.18. The van der Waals surface area contributed by atoms with E-state index in [0.29, 0.717) is 32.6 Å². The normalized spacial score (nSPS) is 22.0. The van der Waals surface area contributed by atoms with Crippen LogP contribution in [0, 0.1) is 5.92 Å². The van der Waals surface area contributed by atoms with Crippen LogP contribution in [0.1, 0.15) is 32.6 Å². The Morgan fingerprint density at radius 3 is 2.44 bits per heavy atom. The molecule has 2 aliphatic heterocycles. The molecule has 7 heteroatoms. The molecule has 0 spiro atoms. The molecule has 0 saturated carbocycles. The van der Waals surface area contributed by atoms with E-state index in [0.717, 1.165) is 32.4 Å². The Labute approximate surface area is 163 Å². The summed E-state index contributed by atoms with van der Waals surface area (Å²) in [7, 11) is -3.23. The molecule has 6 nitrogen and oxygen atoms in total. The summed E-state index contributed by atoms with van der Waals surface area (Å²) in [6.07, 6.45) is 3.10. The lowest BCUT2D eigenvalue weighted by molar-refractivity contribution is -0.137. The van der Waals surface area contributed by atoms with Crippen molar-refractivity contribution in [3.05, 3.63) is 30.3 Å². The second-order valence-corrected chi connectivity index (χ2v) is 9.60. The SMILES string of the molecule is CCCCS(=O)(=O)N1CCC[C@H](C(=O)N2CCN(c3ccccc3)CC2)C1. The molecule has 0 aliphatic carbocycles. The van der Waals surface area contributed by atoms with Crippen LogP contribution in [0.15, 0.2) is 30.3 Å². The first-order valence-corrected chi connectivity index (χ1v) is 11.7. The second-order valence-electron chi connectivity index (χ2n) is 7.51. The van der Waals surface area contributed by atoms with Crippen molar-refractivity contribution in [1.82, 2.24) is 9.21 Å². The van der Waals surface area contributed by atoms with Crippen LogP contribution < -0.4 is 4.90 Å². The molecular weight excluding hydrogens is 362 g/mol. The summed E-state index contributed by atoms with van der Waals surface area (Å²) in [5.74, 6) is 0.122. The third kappa shape index (κ3) is 5.02. The minimum absolute atomic E-state index is 0.123. The van der Waals surface area contributed by atoms with E-state index in [4.69, 9.17) is 0 Å². The first-order valence-electron chi connectivity index (χ1n) is 10.1. The Morgan fingerprint density at radius 1 is 1.07 bits per heavy atom. The monoisotopic (exact) mass is 393 g/mol. The molecular formula is C20H31N3O3S. The first kappa shape index (κ1) is 20.1. The lowest BCUT2D eigenvalue weighted by atomic mass is 9.97. The van der Waals surface area contributed by atoms with Crippen LogP contribution in [-0.4, -0.2) is 68.6 Å². The Kier molecular flexibility index (Phi) is 6.76. The van der Waals surface area contributed by atoms with E-state index in [2.05, 4.69) is 17.0 Å². The van der Waals surface area contributed by atoms with Gasteiger partial charge in [-0.2, -0.15) is 0 Å². The zero-order valence-electron chi connectivity index (χ0n) is 16.2. The van der Waals surface area contributed by atoms with Gasteiger partial charge in [0.2, 0.25) is 15.9 Å². The number of benzene rings is 1. The number of carbonyl (C=O) groups is 1. The highest BCUT2D eigenvalue weighted by Crippen LogP contribution is 2.23. The van der Waals surface area contributed by atoms with Gasteiger partial charge in [-0.3, -0.25) is 4.79 Å². The molecule has 2 saturated heterocycles. The Balaban J connectivity index is 1.55. The van der Waals surface area contributed by atoms with Crippen LogP contribution in [0.4, 0.5) is 5.69 Å². The summed E-state index contributed by atoms with van der Waals surface area (Å²) in [5.41, 5.74) is 1.19. The number of unbranched alkanes of at least 4 members (excludes halogenated alkanes) is 1. The Bertz CT molecular complexity index is 715. The van der Waals surface area contributed by atoms with Crippen LogP contribution in [0.3, 0.4) is 0 Å². The van der Waals surface area contributed by atoms with E-state index in [1.54, 1.807) is 4.31 Å². The number of carbonyl (C=O) groups excluding carboxylic acids is 1. The predicted molar refractivity (Wildman–Crippen MR) is 108 cm³/mol. The van der Waals surface area contributed by atoms with Gasteiger partial charge in [0.25, 0.3) is 0 Å². The van der Waals surface area contributed by atoms with Gasteiger partial charge >= 0.3 is 0 Å². The van der Waals surface area contributed by atoms with Crippen LogP contribution >= 0.6 is 0 Å². The molecule has 150 valence electrons. The number of piperidine rings is 1. The number of hydrogen-bond donors (Lipinski definition) is 0. The molecule has 0 N–H and O–H groups in total. The summed E-state index contributed by atoms with van der Waals surface area (Å²) < 4.78 is 26.5. The molecule has 0 unspecified atom stereocenters. The number of amides is 1. The first-order chi connectivity index (χ1) is 13.0. The van der Waals surface area contributed by atoms with Gasteiger partial charge in [0.05, 0.1) is 11.7 Å². The fourth-order valence-electron chi connectivity index (χ4n) is 3.93. The zero-order valence-corrected chi connectivity index (χ0v) is 17.0. The van der Waals surface area contributed by atoms with Gasteiger partial charge in [-0.15, -0.1) is 0 Å². The molecule has 0 radical (unpaired) electrons. The van der Waals surface area contributed by atoms with Crippen molar-refractivity contribution in [3.8, 4) is 0 Å². The third-order valence-electron chi connectivity index (χ3n) is 5.60. The molecule has 2 fully saturated rings. The number of piperazine rings is 1. The van der Waals surface area contributed by atoms with Gasteiger partial charge in [0.1, 0.15) is 0 Å². The summed E-state index contributed by atoms with van der Waals surface area (Å²) >= 11 is 0. The molecule has 0 bridgehead atoms. The van der Waals surface area contributed by atoms with E-state index in [1.165, 1.54) is 5.69 Å². The van der Waals surface area contributed by atoms with Crippen molar-refractivity contribution >= 4 is 21.6 Å². The summed E-state index contributed by atoms with van der Waals surface area (Å²) in [6.45, 7) is 5.94. The van der Waals surface area contributed by atoms with Gasteiger partial charge < -0.3 is 9.80 Å². The van der Waals surface area contributed by atoms with E-state index in [-0.39, 0.29) is 17.6 Å². The van der Waals surface area contributed by atoms with Crippen molar-refractivity contribution in [1.29, 1.82) is 0 Å². The minimum atomic E-state index is -3.23. The lowest BCUT2D eigenvalue weighted by Crippen LogP contribution is -2.53. The molecule has 27 heavy (non-hydrogen) atoms. The quantitative estimate of drug-likeness (QED) is 0.743. The highest BCUT2D eigenvalue weighted by atomic mass is 32.2. The Hall–Kier alpha value is -1.60. The average Bonchev–Trinajstić information content (AvgIpc) is 2.72. The Morgan fingerprint density at radius 2 is 1.78 bits per heavy atom. The van der Waals surface area contributed by atoms with E-state index < -0.39 is 10.0 Å². The van der Waals surface area contributed by atoms with Crippen molar-refractivity contribution in [2.24, 2.45) is 5.92 Å². The maximum atomic E-state index is 13.0. The fraction of sp³-hybridized carbons (Fsp3) is 0.650. The van der Waals surface area contributed by atoms with Crippen LogP contribution in [0.2, 0.25) is 0 Å². The fourth-order valence-corrected chi connectivity index (χ4v) is 5.66. The van der Waals surface area contributed by atoms with E-state index in [1.807, 2.05) is 30.0 Å². The lowest BCUT2D eigenvalue weighted by Gasteiger charge is -2.39. The maximum Gasteiger partial charge on any atom is 0.227 e. The van der Waals surface area contributed by atoms with Crippen LogP contribution in [0.5, 0.6) is 0 Å². The minimum Gasteiger partial charge on any atom is -0.368 e. The molecule has 1 atom stereocenters. The number of anilines is 1. The molecule has 1 aromatic carbocycles. The van der Waals surface area contributed by atoms with Gasteiger partial charge in [-0.25, -0.2) is 12.7 Å². The van der Waals surface area contributed by atoms with Crippen molar-refractivity contribution in [3.63, 3.8) is 0 Å². The summed E-state index contributed by atoms with van der Waals surface area (Å²) in [6, 6.07) is 10.3. The highest BCUT2D eigenvalue weighted by Gasteiger charge is 2.34. The van der Waals surface area contributed by atoms with Gasteiger partial charge in [-0.1, -0.05) is 31.5 Å². The third-order valence-corrected chi connectivity index (χ3v) is 7.52. The van der Waals surface area contributed by atoms with Crippen molar-refractivity contribution < 1.29 is 13.2 Å². The van der Waals surface area contributed by atoms with Crippen molar-refractivity contribution in [2.75, 3.05) is 49.9 Å². The largest absolute Gasteiger partial charge is 0.368 e. The molecule has 3 rings (SSSR count). The zero-order chi connectivity index (χ0) is 19.3. The summed E-state index contributed by atoms with van der Waals surface area (Å²) in [4.78, 5) is 17.2. The maximum absolute atomic E-state index is 13.0. The van der Waals surface area contributed by atoms with E-state index >= 15 is 0 Å². The average molecular weight is 394 g/mol. The second kappa shape index (κ2) is 9.06. The van der Waals surface area contributed by atoms with Gasteiger partial charge in [0.15, 0.2) is 0 Å². The number of rotatable bonds is 6. The van der Waals surface area contributed by atoms with Gasteiger partial charge in [0, 0.05) is 45.0 Å². The molecule has 0 aromatic heterocycles.